The minimum absolute atomic E-state index is 0.140. The van der Waals surface area contributed by atoms with E-state index in [1.165, 1.54) is 12.1 Å². The first-order chi connectivity index (χ1) is 11.5. The molecule has 2 N–H and O–H groups in total. The van der Waals surface area contributed by atoms with Crippen LogP contribution >= 0.6 is 23.2 Å². The van der Waals surface area contributed by atoms with E-state index in [-0.39, 0.29) is 17.8 Å². The van der Waals surface area contributed by atoms with Crippen LogP contribution in [0.5, 0.6) is 0 Å². The molecule has 0 bridgehead atoms. The molecule has 1 aliphatic carbocycles. The number of carbonyl (C=O) groups is 1. The van der Waals surface area contributed by atoms with Gasteiger partial charge in [0.05, 0.1) is 11.1 Å². The first kappa shape index (κ1) is 15.5. The maximum absolute atomic E-state index is 13.3. The Morgan fingerprint density at radius 3 is 2.88 bits per heavy atom. The molecule has 0 spiro atoms. The third-order valence-electron chi connectivity index (χ3n) is 4.41. The molecule has 0 saturated heterocycles. The van der Waals surface area contributed by atoms with Crippen LogP contribution in [0.2, 0.25) is 10.0 Å². The van der Waals surface area contributed by atoms with Gasteiger partial charge in [0, 0.05) is 15.9 Å². The summed E-state index contributed by atoms with van der Waals surface area (Å²) in [7, 11) is 0. The van der Waals surface area contributed by atoms with E-state index in [0.717, 1.165) is 29.5 Å². The number of hydrogen-bond donors (Lipinski definition) is 2. The van der Waals surface area contributed by atoms with Crippen molar-refractivity contribution in [3.63, 3.8) is 0 Å². The summed E-state index contributed by atoms with van der Waals surface area (Å²) < 4.78 is 13.3. The maximum Gasteiger partial charge on any atom is 0.269 e. The van der Waals surface area contributed by atoms with Gasteiger partial charge >= 0.3 is 0 Å². The van der Waals surface area contributed by atoms with Gasteiger partial charge < -0.3 is 10.3 Å². The Morgan fingerprint density at radius 2 is 2.04 bits per heavy atom. The second-order valence-electron chi connectivity index (χ2n) is 5.91. The molecule has 0 aliphatic heterocycles. The van der Waals surface area contributed by atoms with Crippen molar-refractivity contribution >= 4 is 40.0 Å². The number of aromatic amines is 1. The molecule has 2 aromatic carbocycles. The number of aromatic nitrogens is 1. The van der Waals surface area contributed by atoms with Gasteiger partial charge in [0.15, 0.2) is 0 Å². The molecule has 122 valence electrons. The largest absolute Gasteiger partial charge is 0.349 e. The summed E-state index contributed by atoms with van der Waals surface area (Å²) in [5.41, 5.74) is 2.96. The third kappa shape index (κ3) is 2.56. The number of benzene rings is 2. The van der Waals surface area contributed by atoms with Crippen LogP contribution in [-0.4, -0.2) is 10.9 Å². The number of hydrogen-bond acceptors (Lipinski definition) is 1. The van der Waals surface area contributed by atoms with Crippen LogP contribution in [0.15, 0.2) is 36.4 Å². The molecule has 3 nitrogen and oxygen atoms in total. The van der Waals surface area contributed by atoms with Gasteiger partial charge in [-0.1, -0.05) is 29.3 Å². The highest BCUT2D eigenvalue weighted by Gasteiger charge is 2.26. The highest BCUT2D eigenvalue weighted by Crippen LogP contribution is 2.33. The van der Waals surface area contributed by atoms with Gasteiger partial charge in [-0.05, 0) is 54.3 Å². The van der Waals surface area contributed by atoms with E-state index < -0.39 is 0 Å². The van der Waals surface area contributed by atoms with E-state index in [0.29, 0.717) is 21.1 Å². The average Bonchev–Trinajstić information content (AvgIpc) is 3.09. The summed E-state index contributed by atoms with van der Waals surface area (Å²) in [6.45, 7) is 0. The van der Waals surface area contributed by atoms with Crippen molar-refractivity contribution in [1.82, 2.24) is 10.3 Å². The second kappa shape index (κ2) is 5.80. The van der Waals surface area contributed by atoms with Crippen LogP contribution in [0, 0.1) is 5.82 Å². The molecule has 1 atom stereocenters. The summed E-state index contributed by atoms with van der Waals surface area (Å²) in [6.07, 6.45) is 1.49. The lowest BCUT2D eigenvalue weighted by molar-refractivity contribution is 0.0932. The molecule has 0 radical (unpaired) electrons. The van der Waals surface area contributed by atoms with Gasteiger partial charge in [-0.2, -0.15) is 0 Å². The standard InChI is InChI=1S/C18H13Cl2FN2O/c19-10-2-6-15-13(8-10)16(20)17(22-15)18(24)23-14-5-1-9-7-11(21)3-4-12(9)14/h2-4,6-8,14,22H,1,5H2,(H,23,24)/t14-/m1/s1. The lowest BCUT2D eigenvalue weighted by atomic mass is 10.1. The van der Waals surface area contributed by atoms with Crippen LogP contribution in [0.25, 0.3) is 10.9 Å². The first-order valence-electron chi connectivity index (χ1n) is 7.59. The minimum Gasteiger partial charge on any atom is -0.349 e. The molecule has 3 aromatic rings. The Morgan fingerprint density at radius 1 is 1.21 bits per heavy atom. The topological polar surface area (TPSA) is 44.9 Å². The van der Waals surface area contributed by atoms with Crippen molar-refractivity contribution in [2.75, 3.05) is 0 Å². The van der Waals surface area contributed by atoms with Gasteiger partial charge in [0.1, 0.15) is 11.5 Å². The van der Waals surface area contributed by atoms with Crippen molar-refractivity contribution in [2.24, 2.45) is 0 Å². The fraction of sp³-hybridized carbons (Fsp3) is 0.167. The van der Waals surface area contributed by atoms with Gasteiger partial charge in [0.2, 0.25) is 0 Å². The smallest absolute Gasteiger partial charge is 0.269 e. The summed E-state index contributed by atoms with van der Waals surface area (Å²) in [5, 5.41) is 4.60. The highest BCUT2D eigenvalue weighted by molar-refractivity contribution is 6.39. The van der Waals surface area contributed by atoms with Crippen molar-refractivity contribution < 1.29 is 9.18 Å². The molecule has 4 rings (SSSR count). The van der Waals surface area contributed by atoms with E-state index in [9.17, 15) is 9.18 Å². The predicted octanol–water partition coefficient (Wildman–Crippen LogP) is 5.03. The summed E-state index contributed by atoms with van der Waals surface area (Å²) in [5.74, 6) is -0.536. The Kier molecular flexibility index (Phi) is 3.74. The lowest BCUT2D eigenvalue weighted by Crippen LogP contribution is -2.27. The zero-order valence-corrected chi connectivity index (χ0v) is 14.0. The van der Waals surface area contributed by atoms with Crippen molar-refractivity contribution in [2.45, 2.75) is 18.9 Å². The molecule has 1 heterocycles. The number of rotatable bonds is 2. The van der Waals surface area contributed by atoms with Crippen LogP contribution in [-0.2, 0) is 6.42 Å². The van der Waals surface area contributed by atoms with Gasteiger partial charge in [-0.15, -0.1) is 0 Å². The Labute approximate surface area is 147 Å². The Hall–Kier alpha value is -2.04. The van der Waals surface area contributed by atoms with Crippen molar-refractivity contribution in [3.8, 4) is 0 Å². The Bertz CT molecular complexity index is 967. The molecule has 1 amide bonds. The second-order valence-corrected chi connectivity index (χ2v) is 6.73. The van der Waals surface area contributed by atoms with E-state index in [1.807, 2.05) is 0 Å². The van der Waals surface area contributed by atoms with Crippen LogP contribution in [0.4, 0.5) is 4.39 Å². The number of H-pyrrole nitrogens is 1. The van der Waals surface area contributed by atoms with E-state index in [4.69, 9.17) is 23.2 Å². The summed E-state index contributed by atoms with van der Waals surface area (Å²) >= 11 is 12.3. The van der Waals surface area contributed by atoms with Crippen molar-refractivity contribution in [1.29, 1.82) is 0 Å². The fourth-order valence-corrected chi connectivity index (χ4v) is 3.72. The molecule has 0 unspecified atom stereocenters. The third-order valence-corrected chi connectivity index (χ3v) is 5.04. The van der Waals surface area contributed by atoms with E-state index in [2.05, 4.69) is 10.3 Å². The molecule has 1 aliphatic rings. The van der Waals surface area contributed by atoms with Gasteiger partial charge in [-0.3, -0.25) is 4.79 Å². The van der Waals surface area contributed by atoms with Gasteiger partial charge in [0.25, 0.3) is 5.91 Å². The molecule has 1 aromatic heterocycles. The van der Waals surface area contributed by atoms with Crippen molar-refractivity contribution in [3.05, 3.63) is 69.1 Å². The first-order valence-corrected chi connectivity index (χ1v) is 8.34. The molecule has 6 heteroatoms. The minimum atomic E-state index is -0.283. The number of amides is 1. The average molecular weight is 363 g/mol. The van der Waals surface area contributed by atoms with Crippen LogP contribution in [0.1, 0.15) is 34.1 Å². The molecule has 0 saturated carbocycles. The number of aryl methyl sites for hydroxylation is 1. The quantitative estimate of drug-likeness (QED) is 0.659. The molecular weight excluding hydrogens is 350 g/mol. The molecule has 0 fully saturated rings. The maximum atomic E-state index is 13.3. The molecular formula is C18H13Cl2FN2O. The number of halogens is 3. The summed E-state index contributed by atoms with van der Waals surface area (Å²) in [4.78, 5) is 15.7. The predicted molar refractivity (Wildman–Crippen MR) is 93.2 cm³/mol. The summed E-state index contributed by atoms with van der Waals surface area (Å²) in [6, 6.07) is 9.78. The normalized spacial score (nSPS) is 16.4. The van der Waals surface area contributed by atoms with Gasteiger partial charge in [-0.25, -0.2) is 4.39 Å². The SMILES string of the molecule is O=C(N[C@@H]1CCc2cc(F)ccc21)c1[nH]c2ccc(Cl)cc2c1Cl. The fourth-order valence-electron chi connectivity index (χ4n) is 3.25. The number of fused-ring (bicyclic) bond motifs is 2. The zero-order valence-electron chi connectivity index (χ0n) is 12.5. The monoisotopic (exact) mass is 362 g/mol. The van der Waals surface area contributed by atoms with Crippen LogP contribution in [0.3, 0.4) is 0 Å². The zero-order chi connectivity index (χ0) is 16.8. The number of carbonyl (C=O) groups excluding carboxylic acids is 1. The molecule has 24 heavy (non-hydrogen) atoms. The Balaban J connectivity index is 1.63. The highest BCUT2D eigenvalue weighted by atomic mass is 35.5. The lowest BCUT2D eigenvalue weighted by Gasteiger charge is -2.13. The van der Waals surface area contributed by atoms with E-state index >= 15 is 0 Å². The van der Waals surface area contributed by atoms with Crippen LogP contribution < -0.4 is 5.32 Å². The number of nitrogens with one attached hydrogen (secondary N) is 2. The van der Waals surface area contributed by atoms with E-state index in [1.54, 1.807) is 24.3 Å².